The Labute approximate surface area is 221 Å². The molecule has 5 nitrogen and oxygen atoms in total. The van der Waals surface area contributed by atoms with Crippen LogP contribution < -0.4 is 4.90 Å². The average Bonchev–Trinajstić information content (AvgIpc) is 2.90. The molecular weight excluding hydrogens is 515 g/mol. The maximum atomic E-state index is 13.5. The third-order valence-electron chi connectivity index (χ3n) is 5.73. The van der Waals surface area contributed by atoms with Crippen molar-refractivity contribution in [3.8, 4) is 0 Å². The number of carbonyl (C=O) groups is 1. The van der Waals surface area contributed by atoms with Crippen LogP contribution in [0.25, 0.3) is 0 Å². The number of hydrogen-bond donors (Lipinski definition) is 0. The Morgan fingerprint density at radius 2 is 1.17 bits per heavy atom. The van der Waals surface area contributed by atoms with Gasteiger partial charge in [-0.05, 0) is 71.8 Å². The van der Waals surface area contributed by atoms with Crippen LogP contribution in [0.2, 0.25) is 10.0 Å². The van der Waals surface area contributed by atoms with Gasteiger partial charge in [0, 0.05) is 41.4 Å². The van der Waals surface area contributed by atoms with E-state index in [0.717, 1.165) is 16.8 Å². The molecule has 0 N–H and O–H groups in total. The first-order valence-electron chi connectivity index (χ1n) is 11.2. The van der Waals surface area contributed by atoms with Crippen molar-refractivity contribution in [3.63, 3.8) is 0 Å². The molecule has 4 aromatic carbocycles. The number of nitrogens with zero attached hydrogens (tertiary/aromatic N) is 2. The zero-order chi connectivity index (χ0) is 25.7. The van der Waals surface area contributed by atoms with E-state index in [-0.39, 0.29) is 23.9 Å². The molecule has 0 radical (unpaired) electrons. The van der Waals surface area contributed by atoms with Gasteiger partial charge in [-0.1, -0.05) is 65.7 Å². The minimum atomic E-state index is -3.83. The second-order valence-electron chi connectivity index (χ2n) is 8.25. The molecule has 0 aliphatic carbocycles. The van der Waals surface area contributed by atoms with Gasteiger partial charge in [0.2, 0.25) is 10.0 Å². The van der Waals surface area contributed by atoms with Crippen molar-refractivity contribution in [2.24, 2.45) is 0 Å². The van der Waals surface area contributed by atoms with Crippen molar-refractivity contribution in [3.05, 3.63) is 130 Å². The molecule has 0 saturated carbocycles. The van der Waals surface area contributed by atoms with E-state index < -0.39 is 10.0 Å². The Morgan fingerprint density at radius 3 is 1.69 bits per heavy atom. The number of amides is 1. The summed E-state index contributed by atoms with van der Waals surface area (Å²) in [5.74, 6) is -0.153. The van der Waals surface area contributed by atoms with Gasteiger partial charge in [-0.3, -0.25) is 4.79 Å². The van der Waals surface area contributed by atoms with E-state index in [1.165, 1.54) is 16.4 Å². The van der Waals surface area contributed by atoms with Gasteiger partial charge >= 0.3 is 0 Å². The van der Waals surface area contributed by atoms with Crippen LogP contribution >= 0.6 is 23.2 Å². The summed E-state index contributed by atoms with van der Waals surface area (Å²) >= 11 is 12.0. The van der Waals surface area contributed by atoms with E-state index >= 15 is 0 Å². The molecule has 0 bridgehead atoms. The highest BCUT2D eigenvalue weighted by Crippen LogP contribution is 2.24. The molecule has 36 heavy (non-hydrogen) atoms. The molecule has 0 fully saturated rings. The van der Waals surface area contributed by atoms with Gasteiger partial charge in [-0.15, -0.1) is 0 Å². The highest BCUT2D eigenvalue weighted by atomic mass is 35.5. The Morgan fingerprint density at radius 1 is 0.694 bits per heavy atom. The maximum Gasteiger partial charge on any atom is 0.258 e. The Hall–Kier alpha value is -3.16. The predicted octanol–water partition coefficient (Wildman–Crippen LogP) is 6.66. The fraction of sp³-hybridized carbons (Fsp3) is 0.107. The molecule has 0 aliphatic rings. The number of sulfonamides is 1. The molecule has 0 unspecified atom stereocenters. The number of carbonyl (C=O) groups excluding carboxylic acids is 1. The molecule has 8 heteroatoms. The first kappa shape index (κ1) is 25.9. The van der Waals surface area contributed by atoms with E-state index in [1.807, 2.05) is 30.3 Å². The Bertz CT molecular complexity index is 1430. The average molecular weight is 539 g/mol. The third kappa shape index (κ3) is 6.15. The summed E-state index contributed by atoms with van der Waals surface area (Å²) in [6, 6.07) is 29.5. The predicted molar refractivity (Wildman–Crippen MR) is 145 cm³/mol. The number of halogens is 2. The Kier molecular flexibility index (Phi) is 8.11. The minimum Gasteiger partial charge on any atom is -0.311 e. The lowest BCUT2D eigenvalue weighted by molar-refractivity contribution is 0.0993. The van der Waals surface area contributed by atoms with Crippen molar-refractivity contribution in [2.45, 2.75) is 18.0 Å². The van der Waals surface area contributed by atoms with Gasteiger partial charge in [0.05, 0.1) is 4.90 Å². The summed E-state index contributed by atoms with van der Waals surface area (Å²) in [6.07, 6.45) is 0. The van der Waals surface area contributed by atoms with Crippen LogP contribution in [-0.4, -0.2) is 25.7 Å². The summed E-state index contributed by atoms with van der Waals surface area (Å²) in [5, 5.41) is 1.03. The fourth-order valence-electron chi connectivity index (χ4n) is 3.69. The van der Waals surface area contributed by atoms with Crippen molar-refractivity contribution < 1.29 is 13.2 Å². The molecule has 1 amide bonds. The minimum absolute atomic E-state index is 0.122. The largest absolute Gasteiger partial charge is 0.311 e. The van der Waals surface area contributed by atoms with Crippen LogP contribution in [0.1, 0.15) is 21.5 Å². The molecule has 0 heterocycles. The summed E-state index contributed by atoms with van der Waals surface area (Å²) < 4.78 is 28.5. The zero-order valence-corrected chi connectivity index (χ0v) is 21.8. The van der Waals surface area contributed by atoms with Crippen molar-refractivity contribution in [2.75, 3.05) is 11.9 Å². The highest BCUT2D eigenvalue weighted by molar-refractivity contribution is 7.89. The molecule has 4 aromatic rings. The molecule has 0 aromatic heterocycles. The highest BCUT2D eigenvalue weighted by Gasteiger charge is 2.25. The molecule has 0 saturated heterocycles. The van der Waals surface area contributed by atoms with Gasteiger partial charge in [-0.2, -0.15) is 4.31 Å². The molecule has 0 spiro atoms. The van der Waals surface area contributed by atoms with Gasteiger partial charge in [0.15, 0.2) is 0 Å². The van der Waals surface area contributed by atoms with Crippen molar-refractivity contribution >= 4 is 44.8 Å². The van der Waals surface area contributed by atoms with E-state index in [1.54, 1.807) is 72.6 Å². The second-order valence-corrected chi connectivity index (χ2v) is 11.1. The molecule has 0 atom stereocenters. The molecule has 184 valence electrons. The zero-order valence-electron chi connectivity index (χ0n) is 19.5. The molecule has 4 rings (SSSR count). The van der Waals surface area contributed by atoms with Gasteiger partial charge in [-0.25, -0.2) is 8.42 Å². The van der Waals surface area contributed by atoms with Crippen LogP contribution in [0.15, 0.2) is 108 Å². The van der Waals surface area contributed by atoms with Crippen LogP contribution in [0.3, 0.4) is 0 Å². The summed E-state index contributed by atoms with van der Waals surface area (Å²) in [7, 11) is -2.11. The second kappa shape index (κ2) is 11.3. The maximum absolute atomic E-state index is 13.5. The third-order valence-corrected chi connectivity index (χ3v) is 8.04. The lowest BCUT2D eigenvalue weighted by atomic mass is 10.1. The standard InChI is InChI=1S/C28H24Cl2N2O3S/c1-31(26-5-3-2-4-6-26)28(33)23-11-7-21(8-12-23)19-32(20-22-9-13-24(29)14-10-22)36(34,35)27-17-15-25(30)16-18-27/h2-18H,19-20H2,1H3. The van der Waals surface area contributed by atoms with E-state index in [0.29, 0.717) is 15.6 Å². The van der Waals surface area contributed by atoms with Crippen LogP contribution in [0.4, 0.5) is 5.69 Å². The number of benzene rings is 4. The number of para-hydroxylation sites is 1. The van der Waals surface area contributed by atoms with Gasteiger partial charge in [0.25, 0.3) is 5.91 Å². The quantitative estimate of drug-likeness (QED) is 0.252. The molecule has 0 aliphatic heterocycles. The smallest absolute Gasteiger partial charge is 0.258 e. The van der Waals surface area contributed by atoms with Crippen LogP contribution in [0, 0.1) is 0 Å². The summed E-state index contributed by atoms with van der Waals surface area (Å²) in [6.45, 7) is 0.274. The summed E-state index contributed by atoms with van der Waals surface area (Å²) in [4.78, 5) is 14.6. The van der Waals surface area contributed by atoms with E-state index in [4.69, 9.17) is 23.2 Å². The topological polar surface area (TPSA) is 57.7 Å². The summed E-state index contributed by atoms with van der Waals surface area (Å²) in [5.41, 5.74) is 2.85. The SMILES string of the molecule is CN(C(=O)c1ccc(CN(Cc2ccc(Cl)cc2)S(=O)(=O)c2ccc(Cl)cc2)cc1)c1ccccc1. The van der Waals surface area contributed by atoms with E-state index in [9.17, 15) is 13.2 Å². The van der Waals surface area contributed by atoms with Crippen molar-refractivity contribution in [1.29, 1.82) is 0 Å². The van der Waals surface area contributed by atoms with Gasteiger partial charge in [0.1, 0.15) is 0 Å². The van der Waals surface area contributed by atoms with Crippen LogP contribution in [-0.2, 0) is 23.1 Å². The number of hydrogen-bond acceptors (Lipinski definition) is 3. The van der Waals surface area contributed by atoms with E-state index in [2.05, 4.69) is 0 Å². The Balaban J connectivity index is 1.59. The van der Waals surface area contributed by atoms with Crippen LogP contribution in [0.5, 0.6) is 0 Å². The number of anilines is 1. The normalized spacial score (nSPS) is 11.4. The number of rotatable bonds is 8. The van der Waals surface area contributed by atoms with Gasteiger partial charge < -0.3 is 4.90 Å². The first-order chi connectivity index (χ1) is 17.2. The molecular formula is C28H24Cl2N2O3S. The monoisotopic (exact) mass is 538 g/mol. The first-order valence-corrected chi connectivity index (χ1v) is 13.4. The lowest BCUT2D eigenvalue weighted by Crippen LogP contribution is -2.30. The lowest BCUT2D eigenvalue weighted by Gasteiger charge is -2.23. The van der Waals surface area contributed by atoms with Crippen molar-refractivity contribution in [1.82, 2.24) is 4.31 Å². The fourth-order valence-corrected chi connectivity index (χ4v) is 5.36.